The molecule has 0 saturated carbocycles. The molecule has 0 amide bonds. The molecular weight excluding hydrogens is 526 g/mol. The summed E-state index contributed by atoms with van der Waals surface area (Å²) in [5.41, 5.74) is -2.93. The Morgan fingerprint density at radius 3 is 1.28 bits per heavy atom. The van der Waals surface area contributed by atoms with Crippen molar-refractivity contribution in [2.24, 2.45) is 0 Å². The predicted molar refractivity (Wildman–Crippen MR) is 118 cm³/mol. The Kier molecular flexibility index (Phi) is 5.04. The maximum absolute atomic E-state index is 15.8. The van der Waals surface area contributed by atoms with Crippen molar-refractivity contribution in [2.45, 2.75) is 0 Å². The SMILES string of the molecule is [C-]#[N+]/C(C#N)=c1/nc2c(F)c(F)c3c(F)c4c(c(F)c(F)c5n/c(=C(/C#N)[N+]#[C-])sc54)c(F)c3c2s1. The summed E-state index contributed by atoms with van der Waals surface area (Å²) in [5.74, 6) is -10.5. The van der Waals surface area contributed by atoms with Crippen LogP contribution >= 0.6 is 22.7 Å². The maximum atomic E-state index is 15.8. The number of thiazole rings is 2. The Labute approximate surface area is 202 Å². The normalized spacial score (nSPS) is 12.9. The highest BCUT2D eigenvalue weighted by Crippen LogP contribution is 2.43. The summed E-state index contributed by atoms with van der Waals surface area (Å²) in [6, 6.07) is 2.98. The van der Waals surface area contributed by atoms with E-state index in [0.29, 0.717) is 22.7 Å². The van der Waals surface area contributed by atoms with Gasteiger partial charge in [0.15, 0.2) is 23.3 Å². The Hall–Kier alpha value is -4.76. The Morgan fingerprint density at radius 2 is 0.972 bits per heavy atom. The lowest BCUT2D eigenvalue weighted by Gasteiger charge is -2.11. The third kappa shape index (κ3) is 2.80. The molecule has 5 rings (SSSR count). The van der Waals surface area contributed by atoms with Crippen molar-refractivity contribution in [2.75, 3.05) is 0 Å². The third-order valence-corrected chi connectivity index (χ3v) is 7.33. The van der Waals surface area contributed by atoms with Gasteiger partial charge in [0.2, 0.25) is 0 Å². The van der Waals surface area contributed by atoms with Gasteiger partial charge in [-0.2, -0.15) is 0 Å². The molecule has 36 heavy (non-hydrogen) atoms. The van der Waals surface area contributed by atoms with E-state index in [4.69, 9.17) is 23.7 Å². The molecule has 0 saturated heterocycles. The molecule has 0 N–H and O–H groups in total. The van der Waals surface area contributed by atoms with Crippen molar-refractivity contribution in [1.82, 2.24) is 9.97 Å². The predicted octanol–water partition coefficient (Wildman–Crippen LogP) is 5.15. The number of halogens is 6. The molecule has 0 aliphatic rings. The molecule has 6 nitrogen and oxygen atoms in total. The van der Waals surface area contributed by atoms with Crippen LogP contribution in [0, 0.1) is 70.7 Å². The molecule has 14 heteroatoms. The van der Waals surface area contributed by atoms with Crippen molar-refractivity contribution in [1.29, 1.82) is 10.5 Å². The first kappa shape index (κ1) is 23.0. The van der Waals surface area contributed by atoms with Gasteiger partial charge in [-0.3, -0.25) is 0 Å². The first-order valence-corrected chi connectivity index (χ1v) is 10.8. The van der Waals surface area contributed by atoms with Crippen molar-refractivity contribution in [3.63, 3.8) is 0 Å². The quantitative estimate of drug-likeness (QED) is 0.159. The van der Waals surface area contributed by atoms with E-state index in [2.05, 4.69) is 19.7 Å². The van der Waals surface area contributed by atoms with Gasteiger partial charge >= 0.3 is 0 Å². The van der Waals surface area contributed by atoms with Crippen LogP contribution in [0.2, 0.25) is 0 Å². The molecular formula is C22F6N6S2. The smallest absolute Gasteiger partial charge is 0.244 e. The highest BCUT2D eigenvalue weighted by Gasteiger charge is 2.30. The number of benzene rings is 3. The van der Waals surface area contributed by atoms with E-state index < -0.39 is 97.6 Å². The molecule has 0 fully saturated rings. The van der Waals surface area contributed by atoms with Crippen LogP contribution in [0.3, 0.4) is 0 Å². The van der Waals surface area contributed by atoms with E-state index in [1.54, 1.807) is 0 Å². The fraction of sp³-hybridized carbons (Fsp3) is 0. The van der Waals surface area contributed by atoms with Crippen LogP contribution in [0.4, 0.5) is 26.3 Å². The van der Waals surface area contributed by atoms with E-state index in [-0.39, 0.29) is 0 Å². The Balaban J connectivity index is 2.16. The lowest BCUT2D eigenvalue weighted by molar-refractivity contribution is 0.514. The first-order valence-electron chi connectivity index (χ1n) is 9.19. The van der Waals surface area contributed by atoms with Crippen molar-refractivity contribution >= 4 is 76.0 Å². The van der Waals surface area contributed by atoms with Crippen LogP contribution in [-0.4, -0.2) is 9.97 Å². The molecule has 0 radical (unpaired) electrons. The molecule has 5 aromatic rings. The minimum Gasteiger partial charge on any atom is -0.244 e. The van der Waals surface area contributed by atoms with Gasteiger partial charge in [-0.25, -0.2) is 56.5 Å². The lowest BCUT2D eigenvalue weighted by Crippen LogP contribution is -2.02. The van der Waals surface area contributed by atoms with Crippen LogP contribution in [0.15, 0.2) is 0 Å². The summed E-state index contributed by atoms with van der Waals surface area (Å²) in [7, 11) is 0. The van der Waals surface area contributed by atoms with Crippen LogP contribution in [-0.2, 0) is 0 Å². The zero-order valence-electron chi connectivity index (χ0n) is 16.8. The number of aromatic nitrogens is 2. The highest BCUT2D eigenvalue weighted by atomic mass is 32.1. The molecule has 172 valence electrons. The summed E-state index contributed by atoms with van der Waals surface area (Å²) >= 11 is 0.739. The molecule has 0 atom stereocenters. The van der Waals surface area contributed by atoms with E-state index >= 15 is 17.6 Å². The van der Waals surface area contributed by atoms with Gasteiger partial charge in [0, 0.05) is 10.8 Å². The monoisotopic (exact) mass is 526 g/mol. The number of nitrogens with zero attached hydrogens (tertiary/aromatic N) is 6. The number of hydrogen-bond acceptors (Lipinski definition) is 6. The lowest BCUT2D eigenvalue weighted by atomic mass is 9.99. The van der Waals surface area contributed by atoms with Crippen LogP contribution in [0.1, 0.15) is 0 Å². The molecule has 0 spiro atoms. The summed E-state index contributed by atoms with van der Waals surface area (Å²) in [6.07, 6.45) is 0. The second-order valence-electron chi connectivity index (χ2n) is 6.92. The number of nitriles is 2. The first-order chi connectivity index (χ1) is 17.2. The highest BCUT2D eigenvalue weighted by molar-refractivity contribution is 7.18. The Morgan fingerprint density at radius 1 is 0.611 bits per heavy atom. The molecule has 0 unspecified atom stereocenters. The molecule has 2 heterocycles. The fourth-order valence-corrected chi connectivity index (χ4v) is 5.76. The average Bonchev–Trinajstić information content (AvgIpc) is 3.49. The zero-order chi connectivity index (χ0) is 26.0. The van der Waals surface area contributed by atoms with Crippen molar-refractivity contribution < 1.29 is 26.3 Å². The average molecular weight is 526 g/mol. The summed E-state index contributed by atoms with van der Waals surface area (Å²) in [6.45, 7) is 14.0. The Bertz CT molecular complexity index is 1980. The van der Waals surface area contributed by atoms with Gasteiger partial charge in [0.1, 0.15) is 32.0 Å². The van der Waals surface area contributed by atoms with E-state index in [1.807, 2.05) is 0 Å². The summed E-state index contributed by atoms with van der Waals surface area (Å²) in [5, 5.41) is 13.7. The number of fused-ring (bicyclic) bond motifs is 6. The van der Waals surface area contributed by atoms with E-state index in [0.717, 1.165) is 0 Å². The van der Waals surface area contributed by atoms with Crippen LogP contribution in [0.25, 0.3) is 63.1 Å². The topological polar surface area (TPSA) is 82.1 Å². The fourth-order valence-electron chi connectivity index (χ4n) is 3.68. The number of rotatable bonds is 0. The second kappa shape index (κ2) is 7.89. The van der Waals surface area contributed by atoms with Crippen molar-refractivity contribution in [3.8, 4) is 12.1 Å². The third-order valence-electron chi connectivity index (χ3n) is 5.17. The van der Waals surface area contributed by atoms with Gasteiger partial charge in [-0.15, -0.1) is 22.7 Å². The minimum absolute atomic E-state index is 0.370. The van der Waals surface area contributed by atoms with Gasteiger partial charge in [-0.05, 0) is 0 Å². The van der Waals surface area contributed by atoms with Gasteiger partial charge in [-0.1, -0.05) is 0 Å². The molecule has 0 aliphatic heterocycles. The van der Waals surface area contributed by atoms with E-state index in [1.165, 1.54) is 12.1 Å². The maximum Gasteiger partial charge on any atom is 0.296 e. The van der Waals surface area contributed by atoms with Crippen LogP contribution in [0.5, 0.6) is 0 Å². The largest absolute Gasteiger partial charge is 0.296 e. The summed E-state index contributed by atoms with van der Waals surface area (Å²) < 4.78 is 89.6. The number of hydrogen-bond donors (Lipinski definition) is 0. The van der Waals surface area contributed by atoms with Gasteiger partial charge in [0.25, 0.3) is 11.4 Å². The zero-order valence-corrected chi connectivity index (χ0v) is 18.4. The standard InChI is InChI=1S/C22F6N6S2/c1-31-5(3-29)21-33-17-15(27)13(25)7-9(19(17)35-21)11(23)8-10(12(7)24)20-18(16(28)14(8)26)34-22(36-20)6(4-30)32-2/b21-5-,22-6+. The minimum atomic E-state index is -1.89. The van der Waals surface area contributed by atoms with Crippen molar-refractivity contribution in [3.05, 3.63) is 67.1 Å². The van der Waals surface area contributed by atoms with Gasteiger partial charge < -0.3 is 0 Å². The molecule has 0 aliphatic carbocycles. The summed E-state index contributed by atoms with van der Waals surface area (Å²) in [4.78, 5) is 13.1. The van der Waals surface area contributed by atoms with E-state index in [9.17, 15) is 8.78 Å². The van der Waals surface area contributed by atoms with Crippen LogP contribution < -0.4 is 9.33 Å². The molecule has 0 bridgehead atoms. The second-order valence-corrected chi connectivity index (χ2v) is 8.92. The molecule has 2 aromatic heterocycles. The molecule has 3 aromatic carbocycles. The van der Waals surface area contributed by atoms with Gasteiger partial charge in [0.05, 0.1) is 45.5 Å².